The molecule has 0 saturated heterocycles. The Bertz CT molecular complexity index is 527. The summed E-state index contributed by atoms with van der Waals surface area (Å²) in [6.07, 6.45) is -4.73. The molecule has 10 heteroatoms. The SMILES string of the molecule is N#CCc1c([N+](=O)[O-])cnc(OC(F)(F)F)c1I. The third-order valence-corrected chi connectivity index (χ3v) is 2.84. The van der Waals surface area contributed by atoms with E-state index in [4.69, 9.17) is 5.26 Å². The Balaban J connectivity index is 3.31. The van der Waals surface area contributed by atoms with Crippen LogP contribution in [0.5, 0.6) is 5.88 Å². The van der Waals surface area contributed by atoms with Crippen LogP contribution in [-0.4, -0.2) is 16.3 Å². The second kappa shape index (κ2) is 5.34. The van der Waals surface area contributed by atoms with E-state index >= 15 is 0 Å². The maximum Gasteiger partial charge on any atom is 0.574 e. The van der Waals surface area contributed by atoms with Crippen molar-refractivity contribution in [3.63, 3.8) is 0 Å². The lowest BCUT2D eigenvalue weighted by Crippen LogP contribution is -2.19. The Morgan fingerprint density at radius 1 is 1.61 bits per heavy atom. The molecule has 0 amide bonds. The van der Waals surface area contributed by atoms with Gasteiger partial charge in [-0.15, -0.1) is 13.2 Å². The van der Waals surface area contributed by atoms with Gasteiger partial charge in [-0.1, -0.05) is 0 Å². The molecule has 18 heavy (non-hydrogen) atoms. The Morgan fingerprint density at radius 3 is 2.67 bits per heavy atom. The van der Waals surface area contributed by atoms with Crippen LogP contribution < -0.4 is 4.74 Å². The second-order valence-corrected chi connectivity index (χ2v) is 3.96. The van der Waals surface area contributed by atoms with E-state index in [1.165, 1.54) is 22.6 Å². The fourth-order valence-corrected chi connectivity index (χ4v) is 1.80. The Hall–Kier alpha value is -1.64. The summed E-state index contributed by atoms with van der Waals surface area (Å²) in [5.41, 5.74) is -0.673. The minimum absolute atomic E-state index is 0.155. The third-order valence-electron chi connectivity index (χ3n) is 1.73. The van der Waals surface area contributed by atoms with Crippen LogP contribution in [0, 0.1) is 25.0 Å². The molecule has 0 bridgehead atoms. The molecule has 0 saturated carbocycles. The molecule has 0 aliphatic carbocycles. The quantitative estimate of drug-likeness (QED) is 0.462. The van der Waals surface area contributed by atoms with Gasteiger partial charge in [0.2, 0.25) is 5.88 Å². The first-order valence-electron chi connectivity index (χ1n) is 4.20. The van der Waals surface area contributed by atoms with Gasteiger partial charge >= 0.3 is 6.36 Å². The standard InChI is InChI=1S/C8H3F3IN3O3/c9-8(10,11)18-7-6(12)4(1-2-13)5(3-14-7)15(16)17/h3H,1H2. The van der Waals surface area contributed by atoms with Crippen molar-refractivity contribution in [2.24, 2.45) is 0 Å². The molecular formula is C8H3F3IN3O3. The van der Waals surface area contributed by atoms with E-state index in [0.29, 0.717) is 6.20 Å². The van der Waals surface area contributed by atoms with E-state index in [0.717, 1.165) is 0 Å². The number of hydrogen-bond acceptors (Lipinski definition) is 5. The van der Waals surface area contributed by atoms with Crippen LogP contribution in [0.3, 0.4) is 0 Å². The molecule has 0 atom stereocenters. The van der Waals surface area contributed by atoms with Crippen molar-refractivity contribution in [2.75, 3.05) is 0 Å². The molecule has 0 aromatic carbocycles. The Morgan fingerprint density at radius 2 is 2.22 bits per heavy atom. The number of nitriles is 1. The summed E-state index contributed by atoms with van der Waals surface area (Å²) in [5.74, 6) is -0.807. The highest BCUT2D eigenvalue weighted by Crippen LogP contribution is 2.32. The van der Waals surface area contributed by atoms with Crippen molar-refractivity contribution in [1.82, 2.24) is 4.98 Å². The van der Waals surface area contributed by atoms with E-state index in [1.54, 1.807) is 6.07 Å². The molecule has 1 rings (SSSR count). The summed E-state index contributed by atoms with van der Waals surface area (Å²) < 4.78 is 39.5. The predicted octanol–water partition coefficient (Wildman–Crippen LogP) is 2.56. The lowest BCUT2D eigenvalue weighted by Gasteiger charge is -2.11. The lowest BCUT2D eigenvalue weighted by atomic mass is 10.2. The van der Waals surface area contributed by atoms with Crippen molar-refractivity contribution in [2.45, 2.75) is 12.8 Å². The van der Waals surface area contributed by atoms with Gasteiger partial charge in [-0.3, -0.25) is 10.1 Å². The van der Waals surface area contributed by atoms with Gasteiger partial charge in [-0.2, -0.15) is 5.26 Å². The first-order valence-corrected chi connectivity index (χ1v) is 5.28. The van der Waals surface area contributed by atoms with Gasteiger partial charge in [0.25, 0.3) is 5.69 Å². The van der Waals surface area contributed by atoms with Crippen LogP contribution >= 0.6 is 22.6 Å². The van der Waals surface area contributed by atoms with Crippen LogP contribution in [0.2, 0.25) is 0 Å². The van der Waals surface area contributed by atoms with Crippen LogP contribution in [0.25, 0.3) is 0 Å². The molecule has 1 heterocycles. The van der Waals surface area contributed by atoms with Crippen molar-refractivity contribution >= 4 is 28.3 Å². The highest BCUT2D eigenvalue weighted by atomic mass is 127. The molecule has 0 N–H and O–H groups in total. The Kier molecular flexibility index (Phi) is 4.28. The zero-order valence-corrected chi connectivity index (χ0v) is 10.5. The number of halogens is 4. The Labute approximate surface area is 112 Å². The largest absolute Gasteiger partial charge is 0.574 e. The van der Waals surface area contributed by atoms with Crippen LogP contribution in [0.1, 0.15) is 5.56 Å². The number of nitrogens with zero attached hydrogens (tertiary/aromatic N) is 3. The van der Waals surface area contributed by atoms with Crippen LogP contribution in [-0.2, 0) is 6.42 Å². The molecule has 0 radical (unpaired) electrons. The number of nitro groups is 1. The molecule has 1 aromatic rings. The van der Waals surface area contributed by atoms with E-state index in [2.05, 4.69) is 9.72 Å². The summed E-state index contributed by atoms with van der Waals surface area (Å²) in [6, 6.07) is 1.64. The fourth-order valence-electron chi connectivity index (χ4n) is 1.08. The van der Waals surface area contributed by atoms with Gasteiger partial charge in [-0.25, -0.2) is 4.98 Å². The van der Waals surface area contributed by atoms with E-state index in [1.807, 2.05) is 0 Å². The highest BCUT2D eigenvalue weighted by Gasteiger charge is 2.34. The number of rotatable bonds is 3. The van der Waals surface area contributed by atoms with Crippen molar-refractivity contribution < 1.29 is 22.8 Å². The number of alkyl halides is 3. The van der Waals surface area contributed by atoms with E-state index in [9.17, 15) is 23.3 Å². The number of ether oxygens (including phenoxy) is 1. The molecular weight excluding hydrogens is 370 g/mol. The van der Waals surface area contributed by atoms with Crippen LogP contribution in [0.15, 0.2) is 6.20 Å². The summed E-state index contributed by atoms with van der Waals surface area (Å²) in [7, 11) is 0. The van der Waals surface area contributed by atoms with Crippen molar-refractivity contribution in [3.8, 4) is 11.9 Å². The van der Waals surface area contributed by atoms with Crippen molar-refractivity contribution in [1.29, 1.82) is 5.26 Å². The molecule has 1 aromatic heterocycles. The maximum absolute atomic E-state index is 12.0. The highest BCUT2D eigenvalue weighted by molar-refractivity contribution is 14.1. The minimum Gasteiger partial charge on any atom is -0.387 e. The molecule has 6 nitrogen and oxygen atoms in total. The summed E-state index contributed by atoms with van der Waals surface area (Å²) in [6.45, 7) is 0. The normalized spacial score (nSPS) is 10.8. The van der Waals surface area contributed by atoms with Gasteiger partial charge in [0.05, 0.1) is 26.5 Å². The van der Waals surface area contributed by atoms with Gasteiger partial charge in [0, 0.05) is 0 Å². The summed E-state index contributed by atoms with van der Waals surface area (Å²) in [4.78, 5) is 13.0. The zero-order valence-electron chi connectivity index (χ0n) is 8.36. The van der Waals surface area contributed by atoms with Gasteiger partial charge in [0.15, 0.2) is 0 Å². The summed E-state index contributed by atoms with van der Waals surface area (Å²) in [5, 5.41) is 19.1. The average Bonchev–Trinajstić information content (AvgIpc) is 2.22. The van der Waals surface area contributed by atoms with Crippen molar-refractivity contribution in [3.05, 3.63) is 25.4 Å². The minimum atomic E-state index is -4.95. The van der Waals surface area contributed by atoms with E-state index < -0.39 is 29.3 Å². The fraction of sp³-hybridized carbons (Fsp3) is 0.250. The third kappa shape index (κ3) is 3.42. The summed E-state index contributed by atoms with van der Waals surface area (Å²) >= 11 is 1.42. The van der Waals surface area contributed by atoms with Gasteiger partial charge < -0.3 is 4.74 Å². The molecule has 0 spiro atoms. The van der Waals surface area contributed by atoms with Crippen LogP contribution in [0.4, 0.5) is 18.9 Å². The smallest absolute Gasteiger partial charge is 0.387 e. The zero-order chi connectivity index (χ0) is 13.9. The lowest BCUT2D eigenvalue weighted by molar-refractivity contribution is -0.386. The number of hydrogen-bond donors (Lipinski definition) is 0. The number of pyridine rings is 1. The molecule has 0 aliphatic heterocycles. The molecule has 0 unspecified atom stereocenters. The molecule has 96 valence electrons. The second-order valence-electron chi connectivity index (χ2n) is 2.88. The van der Waals surface area contributed by atoms with E-state index in [-0.39, 0.29) is 9.13 Å². The predicted molar refractivity (Wildman–Crippen MR) is 59.6 cm³/mol. The maximum atomic E-state index is 12.0. The first kappa shape index (κ1) is 14.4. The molecule has 0 aliphatic rings. The first-order chi connectivity index (χ1) is 8.26. The topological polar surface area (TPSA) is 89.0 Å². The van der Waals surface area contributed by atoms with Gasteiger partial charge in [-0.05, 0) is 22.6 Å². The average molecular weight is 373 g/mol. The monoisotopic (exact) mass is 373 g/mol. The van der Waals surface area contributed by atoms with Gasteiger partial charge in [0.1, 0.15) is 6.20 Å². The molecule has 0 fully saturated rings. The number of aromatic nitrogens is 1.